The molecule has 0 unspecified atom stereocenters. The lowest BCUT2D eigenvalue weighted by atomic mass is 10.2. The van der Waals surface area contributed by atoms with E-state index in [0.717, 1.165) is 19.4 Å². The van der Waals surface area contributed by atoms with Gasteiger partial charge in [-0.05, 0) is 56.7 Å². The van der Waals surface area contributed by atoms with Crippen molar-refractivity contribution in [3.63, 3.8) is 0 Å². The predicted molar refractivity (Wildman–Crippen MR) is 95.1 cm³/mol. The van der Waals surface area contributed by atoms with Crippen molar-refractivity contribution in [3.8, 4) is 0 Å². The SMILES string of the molecule is CC(C)(C)[Si](C)(C)OCCC/C=C/C=C/O[Si](C)(C)C. The summed E-state index contributed by atoms with van der Waals surface area (Å²) < 4.78 is 11.8. The molecule has 0 amide bonds. The highest BCUT2D eigenvalue weighted by Crippen LogP contribution is 2.36. The van der Waals surface area contributed by atoms with Crippen LogP contribution in [0, 0.1) is 0 Å². The van der Waals surface area contributed by atoms with Crippen LogP contribution in [-0.2, 0) is 8.85 Å². The highest BCUT2D eigenvalue weighted by Gasteiger charge is 2.36. The molecule has 20 heavy (non-hydrogen) atoms. The van der Waals surface area contributed by atoms with E-state index in [-0.39, 0.29) is 0 Å². The molecule has 0 saturated carbocycles. The monoisotopic (exact) mass is 314 g/mol. The Kier molecular flexibility index (Phi) is 8.06. The zero-order valence-electron chi connectivity index (χ0n) is 14.7. The van der Waals surface area contributed by atoms with E-state index in [4.69, 9.17) is 8.85 Å². The Bertz CT molecular complexity index is 320. The topological polar surface area (TPSA) is 18.5 Å². The summed E-state index contributed by atoms with van der Waals surface area (Å²) >= 11 is 0. The lowest BCUT2D eigenvalue weighted by molar-refractivity contribution is 0.283. The van der Waals surface area contributed by atoms with Gasteiger partial charge in [0.25, 0.3) is 0 Å². The number of rotatable bonds is 8. The summed E-state index contributed by atoms with van der Waals surface area (Å²) in [5.74, 6) is 0. The second-order valence-corrected chi connectivity index (χ2v) is 17.0. The van der Waals surface area contributed by atoms with E-state index in [1.807, 2.05) is 12.3 Å². The molecular formula is C16H34O2Si2. The Balaban J connectivity index is 3.78. The van der Waals surface area contributed by atoms with E-state index in [9.17, 15) is 0 Å². The molecule has 0 saturated heterocycles. The van der Waals surface area contributed by atoms with Gasteiger partial charge in [0.05, 0.1) is 6.26 Å². The Morgan fingerprint density at radius 1 is 0.950 bits per heavy atom. The largest absolute Gasteiger partial charge is 0.550 e. The number of hydrogen-bond acceptors (Lipinski definition) is 2. The minimum atomic E-state index is -1.56. The maximum absolute atomic E-state index is 6.13. The van der Waals surface area contributed by atoms with Crippen molar-refractivity contribution in [2.75, 3.05) is 6.61 Å². The van der Waals surface area contributed by atoms with Gasteiger partial charge in [-0.15, -0.1) is 0 Å². The molecule has 0 aliphatic carbocycles. The molecule has 0 N–H and O–H groups in total. The molecule has 0 radical (unpaired) electrons. The molecule has 4 heteroatoms. The highest BCUT2D eigenvalue weighted by atomic mass is 28.4. The van der Waals surface area contributed by atoms with Gasteiger partial charge in [-0.2, -0.15) is 0 Å². The minimum Gasteiger partial charge on any atom is -0.550 e. The lowest BCUT2D eigenvalue weighted by Crippen LogP contribution is -2.40. The molecule has 0 bridgehead atoms. The van der Waals surface area contributed by atoms with Crippen LogP contribution in [-0.4, -0.2) is 23.2 Å². The van der Waals surface area contributed by atoms with E-state index in [0.29, 0.717) is 5.04 Å². The van der Waals surface area contributed by atoms with Crippen LogP contribution in [0.25, 0.3) is 0 Å². The number of unbranched alkanes of at least 4 members (excludes halogenated alkanes) is 1. The first-order chi connectivity index (χ1) is 8.96. The average Bonchev–Trinajstić information content (AvgIpc) is 2.23. The van der Waals surface area contributed by atoms with Crippen LogP contribution in [0.5, 0.6) is 0 Å². The first kappa shape index (κ1) is 19.7. The summed E-state index contributed by atoms with van der Waals surface area (Å²) in [7, 11) is -2.97. The van der Waals surface area contributed by atoms with Gasteiger partial charge in [-0.3, -0.25) is 0 Å². The van der Waals surface area contributed by atoms with E-state index < -0.39 is 16.6 Å². The van der Waals surface area contributed by atoms with Gasteiger partial charge in [-0.1, -0.05) is 32.9 Å². The summed E-state index contributed by atoms with van der Waals surface area (Å²) in [5.41, 5.74) is 0. The molecule has 0 aromatic rings. The summed E-state index contributed by atoms with van der Waals surface area (Å²) in [6.07, 6.45) is 10.2. The van der Waals surface area contributed by atoms with Gasteiger partial charge in [0.2, 0.25) is 8.32 Å². The zero-order valence-corrected chi connectivity index (χ0v) is 16.7. The van der Waals surface area contributed by atoms with Gasteiger partial charge in [0, 0.05) is 6.61 Å². The van der Waals surface area contributed by atoms with Crippen LogP contribution >= 0.6 is 0 Å². The van der Waals surface area contributed by atoms with Crippen LogP contribution in [0.3, 0.4) is 0 Å². The molecule has 0 aliphatic heterocycles. The Morgan fingerprint density at radius 3 is 2.05 bits per heavy atom. The van der Waals surface area contributed by atoms with Crippen molar-refractivity contribution >= 4 is 16.6 Å². The first-order valence-corrected chi connectivity index (χ1v) is 13.9. The molecule has 0 heterocycles. The fourth-order valence-electron chi connectivity index (χ4n) is 1.21. The number of hydrogen-bond donors (Lipinski definition) is 0. The van der Waals surface area contributed by atoms with Gasteiger partial charge in [-0.25, -0.2) is 0 Å². The normalized spacial score (nSPS) is 14.4. The van der Waals surface area contributed by atoms with E-state index in [1.165, 1.54) is 0 Å². The summed E-state index contributed by atoms with van der Waals surface area (Å²) in [6, 6.07) is 0. The zero-order chi connectivity index (χ0) is 15.9. The van der Waals surface area contributed by atoms with Crippen LogP contribution in [0.1, 0.15) is 33.6 Å². The Morgan fingerprint density at radius 2 is 1.55 bits per heavy atom. The van der Waals surface area contributed by atoms with Gasteiger partial charge < -0.3 is 8.85 Å². The van der Waals surface area contributed by atoms with Crippen LogP contribution < -0.4 is 0 Å². The van der Waals surface area contributed by atoms with Crippen molar-refractivity contribution in [2.24, 2.45) is 0 Å². The second-order valence-electron chi connectivity index (χ2n) is 7.74. The van der Waals surface area contributed by atoms with Crippen molar-refractivity contribution in [1.82, 2.24) is 0 Å². The first-order valence-electron chi connectivity index (χ1n) is 7.59. The molecule has 0 spiro atoms. The summed E-state index contributed by atoms with van der Waals surface area (Å²) in [4.78, 5) is 0. The minimum absolute atomic E-state index is 0.305. The maximum atomic E-state index is 6.13. The Hall–Kier alpha value is -0.326. The van der Waals surface area contributed by atoms with Crippen molar-refractivity contribution in [2.45, 2.75) is 71.4 Å². The van der Waals surface area contributed by atoms with Crippen LogP contribution in [0.15, 0.2) is 24.5 Å². The highest BCUT2D eigenvalue weighted by molar-refractivity contribution is 6.74. The molecule has 2 nitrogen and oxygen atoms in total. The summed E-state index contributed by atoms with van der Waals surface area (Å²) in [5, 5.41) is 0.305. The van der Waals surface area contributed by atoms with Crippen LogP contribution in [0.2, 0.25) is 37.8 Å². The standard InChI is InChI=1S/C16H34O2Si2/c1-16(2,3)20(7,8)18-15-13-11-9-10-12-14-17-19(4,5)6/h9-10,12,14H,11,13,15H2,1-8H3/b10-9+,14-12+. The van der Waals surface area contributed by atoms with Crippen LogP contribution in [0.4, 0.5) is 0 Å². The Labute approximate surface area is 128 Å². The fourth-order valence-corrected chi connectivity index (χ4v) is 2.78. The molecule has 0 rings (SSSR count). The van der Waals surface area contributed by atoms with E-state index >= 15 is 0 Å². The van der Waals surface area contributed by atoms with Gasteiger partial charge >= 0.3 is 0 Å². The van der Waals surface area contributed by atoms with Crippen molar-refractivity contribution < 1.29 is 8.85 Å². The quantitative estimate of drug-likeness (QED) is 0.247. The smallest absolute Gasteiger partial charge is 0.241 e. The maximum Gasteiger partial charge on any atom is 0.241 e. The summed E-state index contributed by atoms with van der Waals surface area (Å²) in [6.45, 7) is 18.9. The molecule has 0 aromatic heterocycles. The molecular weight excluding hydrogens is 280 g/mol. The molecule has 0 aliphatic rings. The average molecular weight is 315 g/mol. The van der Waals surface area contributed by atoms with Gasteiger partial charge in [0.1, 0.15) is 0 Å². The predicted octanol–water partition coefficient (Wildman–Crippen LogP) is 5.71. The number of allylic oxidation sites excluding steroid dienone is 3. The molecule has 0 aromatic carbocycles. The molecule has 0 fully saturated rings. The van der Waals surface area contributed by atoms with E-state index in [1.54, 1.807) is 0 Å². The molecule has 118 valence electrons. The lowest BCUT2D eigenvalue weighted by Gasteiger charge is -2.36. The third kappa shape index (κ3) is 9.56. The van der Waals surface area contributed by atoms with E-state index in [2.05, 4.69) is 65.7 Å². The van der Waals surface area contributed by atoms with Crippen molar-refractivity contribution in [3.05, 3.63) is 24.5 Å². The second kappa shape index (κ2) is 8.20. The molecule has 0 atom stereocenters. The van der Waals surface area contributed by atoms with Gasteiger partial charge in [0.15, 0.2) is 8.32 Å². The van der Waals surface area contributed by atoms with Crippen molar-refractivity contribution in [1.29, 1.82) is 0 Å². The third-order valence-electron chi connectivity index (χ3n) is 3.53. The fraction of sp³-hybridized carbons (Fsp3) is 0.750. The third-order valence-corrected chi connectivity index (χ3v) is 8.91.